The van der Waals surface area contributed by atoms with Crippen molar-refractivity contribution < 1.29 is 23.0 Å². The summed E-state index contributed by atoms with van der Waals surface area (Å²) in [4.78, 5) is 10.7. The van der Waals surface area contributed by atoms with Crippen molar-refractivity contribution in [1.29, 1.82) is 0 Å². The van der Waals surface area contributed by atoms with Crippen LogP contribution in [0.5, 0.6) is 0 Å². The monoisotopic (exact) mass is 238 g/mol. The number of alkyl halides is 2. The zero-order chi connectivity index (χ0) is 12.3. The summed E-state index contributed by atoms with van der Waals surface area (Å²) in [5.74, 6) is 2.99. The Morgan fingerprint density at radius 3 is 2.38 bits per heavy atom. The predicted molar refractivity (Wildman–Crippen MR) is 51.4 cm³/mol. The Kier molecular flexibility index (Phi) is 4.17. The van der Waals surface area contributed by atoms with Gasteiger partial charge in [0.05, 0.1) is 18.3 Å². The number of hydrogen-bond acceptors (Lipinski definition) is 4. The Hall–Kier alpha value is -0.790. The van der Waals surface area contributed by atoms with Crippen LogP contribution in [0.2, 0.25) is 0 Å². The van der Waals surface area contributed by atoms with Gasteiger partial charge in [0.25, 0.3) is 0 Å². The van der Waals surface area contributed by atoms with Crippen LogP contribution in [0.15, 0.2) is 0 Å². The number of hydrogen-bond donors (Lipinski definition) is 2. The minimum atomic E-state index is -3.89. The number of nitrogens with two attached hydrogens (primary N) is 1. The molecule has 1 aliphatic rings. The van der Waals surface area contributed by atoms with Crippen molar-refractivity contribution in [2.75, 3.05) is 0 Å². The fourth-order valence-electron chi connectivity index (χ4n) is 1.79. The van der Waals surface area contributed by atoms with Gasteiger partial charge in [-0.25, -0.2) is 5.84 Å². The van der Waals surface area contributed by atoms with Gasteiger partial charge in [0.15, 0.2) is 0 Å². The molecule has 0 saturated carbocycles. The van der Waals surface area contributed by atoms with Crippen LogP contribution in [-0.4, -0.2) is 30.3 Å². The van der Waals surface area contributed by atoms with Gasteiger partial charge in [-0.2, -0.15) is 8.78 Å². The molecule has 5 nitrogen and oxygen atoms in total. The van der Waals surface area contributed by atoms with E-state index in [0.29, 0.717) is 12.8 Å². The summed E-state index contributed by atoms with van der Waals surface area (Å²) in [5, 5.41) is 0. The SMILES string of the molecule is CC1CC(OC(F)(F)C(=O)NN)CC(C)O1. The summed E-state index contributed by atoms with van der Waals surface area (Å²) in [7, 11) is 0. The van der Waals surface area contributed by atoms with E-state index in [4.69, 9.17) is 4.74 Å². The first-order chi connectivity index (χ1) is 7.35. The molecule has 0 aromatic carbocycles. The molecule has 16 heavy (non-hydrogen) atoms. The van der Waals surface area contributed by atoms with Crippen molar-refractivity contribution in [3.05, 3.63) is 0 Å². The minimum Gasteiger partial charge on any atom is -0.375 e. The summed E-state index contributed by atoms with van der Waals surface area (Å²) < 4.78 is 36.0. The first-order valence-corrected chi connectivity index (χ1v) is 5.07. The Labute approximate surface area is 92.2 Å². The van der Waals surface area contributed by atoms with Crippen molar-refractivity contribution in [3.63, 3.8) is 0 Å². The zero-order valence-electron chi connectivity index (χ0n) is 9.20. The van der Waals surface area contributed by atoms with Gasteiger partial charge in [-0.3, -0.25) is 10.2 Å². The van der Waals surface area contributed by atoms with Gasteiger partial charge in [0, 0.05) is 0 Å². The third kappa shape index (κ3) is 3.36. The van der Waals surface area contributed by atoms with Crippen molar-refractivity contribution in [2.24, 2.45) is 5.84 Å². The summed E-state index contributed by atoms with van der Waals surface area (Å²) >= 11 is 0. The van der Waals surface area contributed by atoms with Crippen LogP contribution < -0.4 is 11.3 Å². The van der Waals surface area contributed by atoms with Gasteiger partial charge in [-0.15, -0.1) is 0 Å². The molecule has 1 saturated heterocycles. The minimum absolute atomic E-state index is 0.162. The summed E-state index contributed by atoms with van der Waals surface area (Å²) in [6.45, 7) is 3.54. The Morgan fingerprint density at radius 2 is 1.94 bits per heavy atom. The van der Waals surface area contributed by atoms with Crippen LogP contribution >= 0.6 is 0 Å². The number of carbonyl (C=O) groups excluding carboxylic acids is 1. The average Bonchev–Trinajstić information content (AvgIpc) is 2.13. The molecule has 1 heterocycles. The average molecular weight is 238 g/mol. The summed E-state index contributed by atoms with van der Waals surface area (Å²) in [6, 6.07) is 0. The van der Waals surface area contributed by atoms with E-state index in [2.05, 4.69) is 10.6 Å². The van der Waals surface area contributed by atoms with Gasteiger partial charge in [0.1, 0.15) is 0 Å². The maximum absolute atomic E-state index is 13.1. The van der Waals surface area contributed by atoms with Gasteiger partial charge in [0.2, 0.25) is 0 Å². The fourth-order valence-corrected chi connectivity index (χ4v) is 1.79. The summed E-state index contributed by atoms with van der Waals surface area (Å²) in [5.41, 5.74) is 1.37. The molecule has 2 atom stereocenters. The molecule has 0 radical (unpaired) electrons. The standard InChI is InChI=1S/C9H16F2N2O3/c1-5-3-7(4-6(2)15-5)16-9(10,11)8(14)13-12/h5-7H,3-4,12H2,1-2H3,(H,13,14). The maximum Gasteiger partial charge on any atom is 0.438 e. The smallest absolute Gasteiger partial charge is 0.375 e. The molecule has 0 aliphatic carbocycles. The third-order valence-corrected chi connectivity index (χ3v) is 2.36. The van der Waals surface area contributed by atoms with Crippen LogP contribution in [0.25, 0.3) is 0 Å². The molecular formula is C9H16F2N2O3. The lowest BCUT2D eigenvalue weighted by Gasteiger charge is -2.33. The number of hydrazine groups is 1. The molecular weight excluding hydrogens is 222 g/mol. The highest BCUT2D eigenvalue weighted by Gasteiger charge is 2.43. The van der Waals surface area contributed by atoms with Crippen LogP contribution in [0.4, 0.5) is 8.78 Å². The normalized spacial score (nSPS) is 31.2. The lowest BCUT2D eigenvalue weighted by molar-refractivity contribution is -0.264. The molecule has 7 heteroatoms. The molecule has 94 valence electrons. The van der Waals surface area contributed by atoms with Crippen molar-refractivity contribution in [2.45, 2.75) is 51.1 Å². The number of amides is 1. The second-order valence-electron chi connectivity index (χ2n) is 3.96. The van der Waals surface area contributed by atoms with Crippen LogP contribution in [0, 0.1) is 0 Å². The molecule has 1 fully saturated rings. The van der Waals surface area contributed by atoms with Crippen LogP contribution in [0.1, 0.15) is 26.7 Å². The van der Waals surface area contributed by atoms with Gasteiger partial charge >= 0.3 is 12.0 Å². The molecule has 0 aromatic rings. The second-order valence-corrected chi connectivity index (χ2v) is 3.96. The Morgan fingerprint density at radius 1 is 1.44 bits per heavy atom. The van der Waals surface area contributed by atoms with Crippen LogP contribution in [-0.2, 0) is 14.3 Å². The maximum atomic E-state index is 13.1. The molecule has 0 bridgehead atoms. The van der Waals surface area contributed by atoms with E-state index in [0.717, 1.165) is 0 Å². The lowest BCUT2D eigenvalue weighted by atomic mass is 10.0. The Balaban J connectivity index is 2.56. The van der Waals surface area contributed by atoms with Gasteiger partial charge in [-0.05, 0) is 26.7 Å². The quantitative estimate of drug-likeness (QED) is 0.427. The van der Waals surface area contributed by atoms with E-state index in [1.54, 1.807) is 13.8 Å². The molecule has 1 aliphatic heterocycles. The molecule has 0 aromatic heterocycles. The molecule has 1 rings (SSSR count). The Bertz CT molecular complexity index is 253. The highest BCUT2D eigenvalue weighted by molar-refractivity contribution is 5.81. The van der Waals surface area contributed by atoms with E-state index < -0.39 is 18.1 Å². The highest BCUT2D eigenvalue weighted by Crippen LogP contribution is 2.27. The lowest BCUT2D eigenvalue weighted by Crippen LogP contribution is -2.48. The summed E-state index contributed by atoms with van der Waals surface area (Å²) in [6.07, 6.45) is -4.26. The number of nitrogens with one attached hydrogen (secondary N) is 1. The van der Waals surface area contributed by atoms with Crippen molar-refractivity contribution >= 4 is 5.91 Å². The highest BCUT2D eigenvalue weighted by atomic mass is 19.3. The number of carbonyl (C=O) groups is 1. The van der Waals surface area contributed by atoms with Gasteiger partial charge < -0.3 is 9.47 Å². The van der Waals surface area contributed by atoms with Crippen molar-refractivity contribution in [1.82, 2.24) is 5.43 Å². The zero-order valence-corrected chi connectivity index (χ0v) is 9.20. The third-order valence-electron chi connectivity index (χ3n) is 2.36. The largest absolute Gasteiger partial charge is 0.438 e. The first-order valence-electron chi connectivity index (χ1n) is 5.07. The van der Waals surface area contributed by atoms with Crippen molar-refractivity contribution in [3.8, 4) is 0 Å². The topological polar surface area (TPSA) is 73.6 Å². The van der Waals surface area contributed by atoms with E-state index in [1.165, 1.54) is 5.43 Å². The number of ether oxygens (including phenoxy) is 2. The van der Waals surface area contributed by atoms with Gasteiger partial charge in [-0.1, -0.05) is 0 Å². The van der Waals surface area contributed by atoms with E-state index in [9.17, 15) is 13.6 Å². The molecule has 1 amide bonds. The van der Waals surface area contributed by atoms with E-state index >= 15 is 0 Å². The number of halogens is 2. The predicted octanol–water partition coefficient (Wildman–Crippen LogP) is 0.542. The second kappa shape index (κ2) is 5.03. The molecule has 0 spiro atoms. The van der Waals surface area contributed by atoms with E-state index in [1.807, 2.05) is 0 Å². The van der Waals surface area contributed by atoms with Crippen LogP contribution in [0.3, 0.4) is 0 Å². The van der Waals surface area contributed by atoms with E-state index in [-0.39, 0.29) is 12.2 Å². The first kappa shape index (κ1) is 13.3. The molecule has 3 N–H and O–H groups in total. The fraction of sp³-hybridized carbons (Fsp3) is 0.889. The molecule has 2 unspecified atom stereocenters. The number of rotatable bonds is 3.